The second kappa shape index (κ2) is 5.48. The molecule has 0 spiro atoms. The Bertz CT molecular complexity index is 505. The quantitative estimate of drug-likeness (QED) is 0.844. The first-order valence-corrected chi connectivity index (χ1v) is 5.96. The van der Waals surface area contributed by atoms with E-state index in [1.54, 1.807) is 17.1 Å². The van der Waals surface area contributed by atoms with E-state index < -0.39 is 0 Å². The fraction of sp³-hybridized carbons (Fsp3) is 0.417. The van der Waals surface area contributed by atoms with Crippen LogP contribution in [0, 0.1) is 5.92 Å². The van der Waals surface area contributed by atoms with Crippen molar-refractivity contribution in [3.05, 3.63) is 24.7 Å². The van der Waals surface area contributed by atoms with Gasteiger partial charge in [0.15, 0.2) is 0 Å². The van der Waals surface area contributed by atoms with Gasteiger partial charge in [0.1, 0.15) is 5.82 Å². The highest BCUT2D eigenvalue weighted by Crippen LogP contribution is 2.12. The molecule has 2 rings (SSSR count). The smallest absolute Gasteiger partial charge is 0.229 e. The highest BCUT2D eigenvalue weighted by Gasteiger charge is 2.02. The number of nitrogens with one attached hydrogen (secondary N) is 2. The molecule has 0 aliphatic heterocycles. The van der Waals surface area contributed by atoms with Crippen molar-refractivity contribution < 1.29 is 0 Å². The molecule has 0 saturated carbocycles. The van der Waals surface area contributed by atoms with Crippen molar-refractivity contribution >= 4 is 17.5 Å². The molecular weight excluding hydrogens is 228 g/mol. The number of hydrogen-bond donors (Lipinski definition) is 2. The summed E-state index contributed by atoms with van der Waals surface area (Å²) >= 11 is 0. The summed E-state index contributed by atoms with van der Waals surface area (Å²) in [6.07, 6.45) is 5.34. The lowest BCUT2D eigenvalue weighted by molar-refractivity contribution is 0.687. The molecule has 0 atom stereocenters. The zero-order chi connectivity index (χ0) is 13.0. The summed E-state index contributed by atoms with van der Waals surface area (Å²) < 4.78 is 1.73. The van der Waals surface area contributed by atoms with Crippen LogP contribution in [0.1, 0.15) is 13.8 Å². The minimum absolute atomic E-state index is 0.566. The summed E-state index contributed by atoms with van der Waals surface area (Å²) in [6.45, 7) is 5.20. The van der Waals surface area contributed by atoms with Gasteiger partial charge in [-0.05, 0) is 12.0 Å². The maximum atomic E-state index is 4.38. The number of rotatable bonds is 5. The van der Waals surface area contributed by atoms with Crippen LogP contribution in [0.5, 0.6) is 0 Å². The normalized spacial score (nSPS) is 10.7. The molecular formula is C12H18N6. The number of anilines is 3. The van der Waals surface area contributed by atoms with Gasteiger partial charge in [-0.25, -0.2) is 4.98 Å². The molecule has 2 heterocycles. The standard InChI is InChI=1S/C12H18N6/c1-9(2)6-14-11-4-5-13-12(17-11)16-10-7-15-18(3)8-10/h4-5,7-9H,6H2,1-3H3,(H2,13,14,16,17). The molecule has 18 heavy (non-hydrogen) atoms. The molecule has 6 nitrogen and oxygen atoms in total. The molecule has 0 aliphatic rings. The Morgan fingerprint density at radius 2 is 2.22 bits per heavy atom. The lowest BCUT2D eigenvalue weighted by atomic mass is 10.2. The summed E-state index contributed by atoms with van der Waals surface area (Å²) in [4.78, 5) is 8.55. The van der Waals surface area contributed by atoms with Crippen LogP contribution in [0.3, 0.4) is 0 Å². The van der Waals surface area contributed by atoms with Crippen LogP contribution in [0.4, 0.5) is 17.5 Å². The minimum atomic E-state index is 0.566. The number of nitrogens with zero attached hydrogens (tertiary/aromatic N) is 4. The average molecular weight is 246 g/mol. The van der Waals surface area contributed by atoms with Gasteiger partial charge in [-0.1, -0.05) is 13.8 Å². The van der Waals surface area contributed by atoms with Gasteiger partial charge in [-0.2, -0.15) is 10.1 Å². The highest BCUT2D eigenvalue weighted by molar-refractivity contribution is 5.52. The van der Waals surface area contributed by atoms with Crippen LogP contribution >= 0.6 is 0 Å². The van der Waals surface area contributed by atoms with E-state index in [1.165, 1.54) is 0 Å². The van der Waals surface area contributed by atoms with Crippen molar-refractivity contribution in [2.24, 2.45) is 13.0 Å². The SMILES string of the molecule is CC(C)CNc1ccnc(Nc2cnn(C)c2)n1. The molecule has 0 radical (unpaired) electrons. The second-order valence-corrected chi connectivity index (χ2v) is 4.57. The van der Waals surface area contributed by atoms with Crippen LogP contribution in [0.15, 0.2) is 24.7 Å². The third kappa shape index (κ3) is 3.44. The molecule has 0 aliphatic carbocycles. The summed E-state index contributed by atoms with van der Waals surface area (Å²) in [6, 6.07) is 1.86. The van der Waals surface area contributed by atoms with Gasteiger partial charge in [0.2, 0.25) is 5.95 Å². The monoisotopic (exact) mass is 246 g/mol. The molecule has 0 amide bonds. The summed E-state index contributed by atoms with van der Waals surface area (Å²) in [5.41, 5.74) is 0.874. The Kier molecular flexibility index (Phi) is 3.76. The van der Waals surface area contributed by atoms with Crippen molar-refractivity contribution in [3.63, 3.8) is 0 Å². The zero-order valence-corrected chi connectivity index (χ0v) is 10.9. The predicted octanol–water partition coefficient (Wildman–Crippen LogP) is 2.02. The van der Waals surface area contributed by atoms with Gasteiger partial charge < -0.3 is 10.6 Å². The van der Waals surface area contributed by atoms with Crippen LogP contribution in [0.25, 0.3) is 0 Å². The Morgan fingerprint density at radius 1 is 1.39 bits per heavy atom. The van der Waals surface area contributed by atoms with Gasteiger partial charge >= 0.3 is 0 Å². The maximum absolute atomic E-state index is 4.38. The Balaban J connectivity index is 2.02. The highest BCUT2D eigenvalue weighted by atomic mass is 15.3. The van der Waals surface area contributed by atoms with E-state index in [2.05, 4.69) is 39.5 Å². The van der Waals surface area contributed by atoms with Crippen LogP contribution < -0.4 is 10.6 Å². The molecule has 0 saturated heterocycles. The lowest BCUT2D eigenvalue weighted by Crippen LogP contribution is -2.10. The van der Waals surface area contributed by atoms with Crippen LogP contribution in [-0.4, -0.2) is 26.3 Å². The predicted molar refractivity (Wildman–Crippen MR) is 71.9 cm³/mol. The number of hydrogen-bond acceptors (Lipinski definition) is 5. The molecule has 0 fully saturated rings. The van der Waals surface area contributed by atoms with Crippen molar-refractivity contribution in [2.75, 3.05) is 17.2 Å². The fourth-order valence-electron chi connectivity index (χ4n) is 1.44. The van der Waals surface area contributed by atoms with Crippen LogP contribution in [-0.2, 0) is 7.05 Å². The first-order chi connectivity index (χ1) is 8.63. The first kappa shape index (κ1) is 12.3. The number of aryl methyl sites for hydroxylation is 1. The Labute approximate surface area is 106 Å². The van der Waals surface area contributed by atoms with Crippen molar-refractivity contribution in [1.29, 1.82) is 0 Å². The fourth-order valence-corrected chi connectivity index (χ4v) is 1.44. The van der Waals surface area contributed by atoms with Gasteiger partial charge in [0.25, 0.3) is 0 Å². The van der Waals surface area contributed by atoms with E-state index in [1.807, 2.05) is 19.3 Å². The minimum Gasteiger partial charge on any atom is -0.370 e. The Morgan fingerprint density at radius 3 is 2.89 bits per heavy atom. The van der Waals surface area contributed by atoms with E-state index in [-0.39, 0.29) is 0 Å². The van der Waals surface area contributed by atoms with E-state index in [4.69, 9.17) is 0 Å². The number of aromatic nitrogens is 4. The summed E-state index contributed by atoms with van der Waals surface area (Å²) in [7, 11) is 1.87. The topological polar surface area (TPSA) is 67.7 Å². The van der Waals surface area contributed by atoms with E-state index in [9.17, 15) is 0 Å². The van der Waals surface area contributed by atoms with E-state index in [0.29, 0.717) is 11.9 Å². The molecule has 0 unspecified atom stereocenters. The molecule has 96 valence electrons. The second-order valence-electron chi connectivity index (χ2n) is 4.57. The summed E-state index contributed by atoms with van der Waals surface area (Å²) in [5, 5.41) is 10.4. The summed E-state index contributed by atoms with van der Waals surface area (Å²) in [5.74, 6) is 1.97. The molecule has 0 aromatic carbocycles. The van der Waals surface area contributed by atoms with Gasteiger partial charge in [0.05, 0.1) is 11.9 Å². The van der Waals surface area contributed by atoms with E-state index >= 15 is 0 Å². The van der Waals surface area contributed by atoms with Crippen molar-refractivity contribution in [2.45, 2.75) is 13.8 Å². The average Bonchev–Trinajstić information content (AvgIpc) is 2.73. The largest absolute Gasteiger partial charge is 0.370 e. The molecule has 2 N–H and O–H groups in total. The molecule has 0 bridgehead atoms. The molecule has 6 heteroatoms. The van der Waals surface area contributed by atoms with Crippen LogP contribution in [0.2, 0.25) is 0 Å². The van der Waals surface area contributed by atoms with Gasteiger partial charge in [0, 0.05) is 26.0 Å². The molecule has 2 aromatic heterocycles. The van der Waals surface area contributed by atoms with E-state index in [0.717, 1.165) is 18.1 Å². The lowest BCUT2D eigenvalue weighted by Gasteiger charge is -2.09. The Hall–Kier alpha value is -2.11. The third-order valence-corrected chi connectivity index (χ3v) is 2.31. The third-order valence-electron chi connectivity index (χ3n) is 2.31. The van der Waals surface area contributed by atoms with Crippen molar-refractivity contribution in [1.82, 2.24) is 19.7 Å². The van der Waals surface area contributed by atoms with Gasteiger partial charge in [-0.15, -0.1) is 0 Å². The first-order valence-electron chi connectivity index (χ1n) is 5.96. The van der Waals surface area contributed by atoms with Crippen molar-refractivity contribution in [3.8, 4) is 0 Å². The molecule has 2 aromatic rings. The zero-order valence-electron chi connectivity index (χ0n) is 10.9. The van der Waals surface area contributed by atoms with Gasteiger partial charge in [-0.3, -0.25) is 4.68 Å². The maximum Gasteiger partial charge on any atom is 0.229 e.